The standard InChI is InChI=1S/C14H8ClF/c15-13-8-12(9-14(16)10-13)7-6-11-4-2-1-3-5-11/h1-5,8-10H. The smallest absolute Gasteiger partial charge is 0.125 e. The van der Waals surface area contributed by atoms with Crippen LogP contribution in [0, 0.1) is 17.7 Å². The van der Waals surface area contributed by atoms with Crippen molar-refractivity contribution in [1.29, 1.82) is 0 Å². The first kappa shape index (κ1) is 10.7. The first-order chi connectivity index (χ1) is 7.74. The lowest BCUT2D eigenvalue weighted by Crippen LogP contribution is -1.79. The number of hydrogen-bond donors (Lipinski definition) is 0. The predicted molar refractivity (Wildman–Crippen MR) is 63.8 cm³/mol. The lowest BCUT2D eigenvalue weighted by molar-refractivity contribution is 0.627. The van der Waals surface area contributed by atoms with Gasteiger partial charge in [0, 0.05) is 16.1 Å². The van der Waals surface area contributed by atoms with E-state index in [1.807, 2.05) is 30.3 Å². The van der Waals surface area contributed by atoms with Crippen molar-refractivity contribution in [2.24, 2.45) is 0 Å². The van der Waals surface area contributed by atoms with Crippen LogP contribution in [0.3, 0.4) is 0 Å². The van der Waals surface area contributed by atoms with Crippen LogP contribution in [0.25, 0.3) is 0 Å². The summed E-state index contributed by atoms with van der Waals surface area (Å²) in [6.45, 7) is 0. The summed E-state index contributed by atoms with van der Waals surface area (Å²) < 4.78 is 13.0. The Kier molecular flexibility index (Phi) is 3.24. The van der Waals surface area contributed by atoms with Crippen molar-refractivity contribution in [2.75, 3.05) is 0 Å². The first-order valence-electron chi connectivity index (χ1n) is 4.77. The van der Waals surface area contributed by atoms with Crippen LogP contribution in [0.5, 0.6) is 0 Å². The summed E-state index contributed by atoms with van der Waals surface area (Å²) in [4.78, 5) is 0. The van der Waals surface area contributed by atoms with E-state index >= 15 is 0 Å². The van der Waals surface area contributed by atoms with E-state index in [1.165, 1.54) is 12.1 Å². The molecule has 0 amide bonds. The van der Waals surface area contributed by atoms with Crippen LogP contribution < -0.4 is 0 Å². The maximum Gasteiger partial charge on any atom is 0.125 e. The highest BCUT2D eigenvalue weighted by Crippen LogP contribution is 2.13. The second-order valence-electron chi connectivity index (χ2n) is 3.27. The zero-order valence-electron chi connectivity index (χ0n) is 8.37. The number of hydrogen-bond acceptors (Lipinski definition) is 0. The molecule has 0 nitrogen and oxygen atoms in total. The quantitative estimate of drug-likeness (QED) is 0.603. The van der Waals surface area contributed by atoms with E-state index in [0.717, 1.165) is 5.56 Å². The summed E-state index contributed by atoms with van der Waals surface area (Å²) in [7, 11) is 0. The molecule has 0 bridgehead atoms. The van der Waals surface area contributed by atoms with Gasteiger partial charge in [-0.15, -0.1) is 0 Å². The lowest BCUT2D eigenvalue weighted by Gasteiger charge is -1.93. The van der Waals surface area contributed by atoms with Crippen LogP contribution in [0.1, 0.15) is 11.1 Å². The number of benzene rings is 2. The van der Waals surface area contributed by atoms with Gasteiger partial charge in [0.25, 0.3) is 0 Å². The highest BCUT2D eigenvalue weighted by Gasteiger charge is 1.95. The van der Waals surface area contributed by atoms with Crippen LogP contribution in [-0.4, -0.2) is 0 Å². The summed E-state index contributed by atoms with van der Waals surface area (Å²) >= 11 is 5.72. The molecule has 0 unspecified atom stereocenters. The Hall–Kier alpha value is -1.78. The Labute approximate surface area is 98.7 Å². The van der Waals surface area contributed by atoms with Gasteiger partial charge in [-0.1, -0.05) is 41.6 Å². The highest BCUT2D eigenvalue weighted by atomic mass is 35.5. The molecule has 0 saturated heterocycles. The van der Waals surface area contributed by atoms with Crippen molar-refractivity contribution in [3.05, 3.63) is 70.5 Å². The van der Waals surface area contributed by atoms with Gasteiger partial charge >= 0.3 is 0 Å². The van der Waals surface area contributed by atoms with Gasteiger partial charge in [0.2, 0.25) is 0 Å². The fourth-order valence-electron chi connectivity index (χ4n) is 1.29. The van der Waals surface area contributed by atoms with Crippen LogP contribution in [0.4, 0.5) is 4.39 Å². The molecule has 2 rings (SSSR count). The molecule has 2 heteroatoms. The molecule has 0 atom stereocenters. The normalized spacial score (nSPS) is 9.38. The molecule has 0 aliphatic rings. The van der Waals surface area contributed by atoms with Crippen LogP contribution in [0.2, 0.25) is 5.02 Å². The van der Waals surface area contributed by atoms with Gasteiger partial charge in [-0.25, -0.2) is 4.39 Å². The zero-order valence-corrected chi connectivity index (χ0v) is 9.13. The van der Waals surface area contributed by atoms with Crippen molar-refractivity contribution in [3.63, 3.8) is 0 Å². The minimum atomic E-state index is -0.370. The summed E-state index contributed by atoms with van der Waals surface area (Å²) in [5, 5.41) is 0.359. The first-order valence-corrected chi connectivity index (χ1v) is 5.15. The molecular weight excluding hydrogens is 223 g/mol. The molecule has 0 aliphatic carbocycles. The molecule has 0 aromatic heterocycles. The molecule has 78 valence electrons. The van der Waals surface area contributed by atoms with E-state index in [1.54, 1.807) is 6.07 Å². The van der Waals surface area contributed by atoms with Crippen molar-refractivity contribution >= 4 is 11.6 Å². The monoisotopic (exact) mass is 230 g/mol. The van der Waals surface area contributed by atoms with Crippen molar-refractivity contribution in [1.82, 2.24) is 0 Å². The van der Waals surface area contributed by atoms with Gasteiger partial charge in [0.1, 0.15) is 5.82 Å². The van der Waals surface area contributed by atoms with Crippen LogP contribution >= 0.6 is 11.6 Å². The topological polar surface area (TPSA) is 0 Å². The molecule has 2 aromatic rings. The average Bonchev–Trinajstić information content (AvgIpc) is 2.27. The SMILES string of the molecule is Fc1cc(Cl)cc(C#Cc2ccccc2)c1. The molecule has 0 N–H and O–H groups in total. The average molecular weight is 231 g/mol. The molecule has 16 heavy (non-hydrogen) atoms. The predicted octanol–water partition coefficient (Wildman–Crippen LogP) is 3.88. The Morgan fingerprint density at radius 1 is 0.875 bits per heavy atom. The largest absolute Gasteiger partial charge is 0.207 e. The second kappa shape index (κ2) is 4.83. The maximum atomic E-state index is 13.0. The Balaban J connectivity index is 2.31. The minimum absolute atomic E-state index is 0.359. The van der Waals surface area contributed by atoms with E-state index in [-0.39, 0.29) is 5.82 Å². The van der Waals surface area contributed by atoms with Crippen molar-refractivity contribution in [2.45, 2.75) is 0 Å². The second-order valence-corrected chi connectivity index (χ2v) is 3.71. The van der Waals surface area contributed by atoms with Gasteiger partial charge in [-0.05, 0) is 30.3 Å². The molecule has 0 radical (unpaired) electrons. The Morgan fingerprint density at radius 2 is 1.56 bits per heavy atom. The highest BCUT2D eigenvalue weighted by molar-refractivity contribution is 6.30. The maximum absolute atomic E-state index is 13.0. The molecule has 2 aromatic carbocycles. The third kappa shape index (κ3) is 2.85. The van der Waals surface area contributed by atoms with Crippen molar-refractivity contribution in [3.8, 4) is 11.8 Å². The Morgan fingerprint density at radius 3 is 2.25 bits per heavy atom. The van der Waals surface area contributed by atoms with E-state index < -0.39 is 0 Å². The third-order valence-corrected chi connectivity index (χ3v) is 2.21. The fraction of sp³-hybridized carbons (Fsp3) is 0. The van der Waals surface area contributed by atoms with Gasteiger partial charge in [0.15, 0.2) is 0 Å². The molecule has 0 heterocycles. The molecule has 0 fully saturated rings. The van der Waals surface area contributed by atoms with Gasteiger partial charge in [-0.3, -0.25) is 0 Å². The molecular formula is C14H8ClF. The summed E-state index contributed by atoms with van der Waals surface area (Å²) in [5.74, 6) is 5.44. The van der Waals surface area contributed by atoms with E-state index in [4.69, 9.17) is 11.6 Å². The van der Waals surface area contributed by atoms with Gasteiger partial charge in [-0.2, -0.15) is 0 Å². The third-order valence-electron chi connectivity index (χ3n) is 1.99. The van der Waals surface area contributed by atoms with Gasteiger partial charge in [0.05, 0.1) is 0 Å². The summed E-state index contributed by atoms with van der Waals surface area (Å²) in [5.41, 5.74) is 1.47. The van der Waals surface area contributed by atoms with Crippen LogP contribution in [-0.2, 0) is 0 Å². The summed E-state index contributed by atoms with van der Waals surface area (Å²) in [6, 6.07) is 13.8. The minimum Gasteiger partial charge on any atom is -0.207 e. The fourth-order valence-corrected chi connectivity index (χ4v) is 1.51. The molecule has 0 spiro atoms. The molecule has 0 saturated carbocycles. The van der Waals surface area contributed by atoms with Gasteiger partial charge < -0.3 is 0 Å². The van der Waals surface area contributed by atoms with E-state index in [2.05, 4.69) is 11.8 Å². The van der Waals surface area contributed by atoms with Crippen molar-refractivity contribution < 1.29 is 4.39 Å². The van der Waals surface area contributed by atoms with Crippen LogP contribution in [0.15, 0.2) is 48.5 Å². The Bertz CT molecular complexity index is 530. The van der Waals surface area contributed by atoms with E-state index in [0.29, 0.717) is 10.6 Å². The van der Waals surface area contributed by atoms with E-state index in [9.17, 15) is 4.39 Å². The zero-order chi connectivity index (χ0) is 11.4. The molecule has 0 aliphatic heterocycles. The summed E-state index contributed by atoms with van der Waals surface area (Å²) in [6.07, 6.45) is 0. The lowest BCUT2D eigenvalue weighted by atomic mass is 10.2. The number of halogens is 2. The number of rotatable bonds is 0.